The molecule has 1 nitrogen and oxygen atoms in total. The van der Waals surface area contributed by atoms with Crippen LogP contribution >= 0.6 is 0 Å². The van der Waals surface area contributed by atoms with Crippen molar-refractivity contribution in [1.82, 2.24) is 4.57 Å². The van der Waals surface area contributed by atoms with E-state index in [1.165, 1.54) is 82.4 Å². The zero-order valence-electron chi connectivity index (χ0n) is 24.7. The Morgan fingerprint density at radius 2 is 0.711 bits per heavy atom. The van der Waals surface area contributed by atoms with Gasteiger partial charge in [0.1, 0.15) is 0 Å². The fraction of sp³-hybridized carbons (Fsp3) is 0. The van der Waals surface area contributed by atoms with E-state index in [0.717, 1.165) is 0 Å². The number of rotatable bonds is 4. The summed E-state index contributed by atoms with van der Waals surface area (Å²) < 4.78 is 2.38. The van der Waals surface area contributed by atoms with E-state index in [-0.39, 0.29) is 0 Å². The van der Waals surface area contributed by atoms with Crippen molar-refractivity contribution in [2.45, 2.75) is 0 Å². The molecule has 0 saturated carbocycles. The standard InChI is InChI=1S/C44H29N/c1-4-14-30(15-5-1)43-36-21-10-11-22-37(36)44(31-16-6-2-7-17-31)40-29-32(24-26-38(40)43)33-25-27-42-39(28-33)35-20-12-13-23-41(35)45(42)34-18-8-3-9-19-34/h1-29H. The van der Waals surface area contributed by atoms with Crippen molar-refractivity contribution in [2.75, 3.05) is 0 Å². The van der Waals surface area contributed by atoms with Crippen molar-refractivity contribution in [2.24, 2.45) is 0 Å². The number of aromatic nitrogens is 1. The second-order valence-electron chi connectivity index (χ2n) is 11.7. The highest BCUT2D eigenvalue weighted by molar-refractivity contribution is 6.22. The molecule has 0 saturated heterocycles. The van der Waals surface area contributed by atoms with Gasteiger partial charge in [-0.05, 0) is 91.3 Å². The fourth-order valence-corrected chi connectivity index (χ4v) is 7.20. The quantitative estimate of drug-likeness (QED) is 0.185. The highest BCUT2D eigenvalue weighted by Gasteiger charge is 2.18. The molecule has 45 heavy (non-hydrogen) atoms. The SMILES string of the molecule is c1ccc(-c2c3ccccc3c(-c3ccccc3)c3cc(-c4ccc5c(c4)c4ccccc4n5-c4ccccc4)ccc23)cc1. The molecular formula is C44H29N. The average molecular weight is 572 g/mol. The molecule has 0 aliphatic rings. The van der Waals surface area contributed by atoms with E-state index in [0.29, 0.717) is 0 Å². The summed E-state index contributed by atoms with van der Waals surface area (Å²) in [5.74, 6) is 0. The van der Waals surface area contributed by atoms with Crippen molar-refractivity contribution in [3.63, 3.8) is 0 Å². The molecule has 1 aromatic heterocycles. The van der Waals surface area contributed by atoms with Crippen molar-refractivity contribution in [1.29, 1.82) is 0 Å². The largest absolute Gasteiger partial charge is 0.309 e. The Balaban J connectivity index is 1.34. The Bertz CT molecular complexity index is 2510. The van der Waals surface area contributed by atoms with Gasteiger partial charge in [0.25, 0.3) is 0 Å². The van der Waals surface area contributed by atoms with E-state index in [4.69, 9.17) is 0 Å². The number of hydrogen-bond acceptors (Lipinski definition) is 0. The van der Waals surface area contributed by atoms with Crippen LogP contribution in [0.25, 0.3) is 82.4 Å². The van der Waals surface area contributed by atoms with Gasteiger partial charge in [0.05, 0.1) is 11.0 Å². The van der Waals surface area contributed by atoms with Gasteiger partial charge in [-0.25, -0.2) is 0 Å². The molecule has 1 heteroatoms. The molecule has 0 unspecified atom stereocenters. The highest BCUT2D eigenvalue weighted by Crippen LogP contribution is 2.45. The van der Waals surface area contributed by atoms with Gasteiger partial charge in [0, 0.05) is 16.5 Å². The van der Waals surface area contributed by atoms with Crippen molar-refractivity contribution < 1.29 is 0 Å². The van der Waals surface area contributed by atoms with Crippen LogP contribution in [0.1, 0.15) is 0 Å². The second-order valence-corrected chi connectivity index (χ2v) is 11.7. The number of para-hydroxylation sites is 2. The van der Waals surface area contributed by atoms with Crippen LogP contribution in [0, 0.1) is 0 Å². The van der Waals surface area contributed by atoms with Crippen LogP contribution in [0.15, 0.2) is 176 Å². The third kappa shape index (κ3) is 4.09. The van der Waals surface area contributed by atoms with E-state index in [1.807, 2.05) is 0 Å². The van der Waals surface area contributed by atoms with Crippen LogP contribution in [0.5, 0.6) is 0 Å². The van der Waals surface area contributed by atoms with Crippen LogP contribution in [0.4, 0.5) is 0 Å². The summed E-state index contributed by atoms with van der Waals surface area (Å²) in [6.07, 6.45) is 0. The van der Waals surface area contributed by atoms with Crippen molar-refractivity contribution in [3.8, 4) is 39.1 Å². The topological polar surface area (TPSA) is 4.93 Å². The summed E-state index contributed by atoms with van der Waals surface area (Å²) in [7, 11) is 0. The molecule has 0 amide bonds. The normalized spacial score (nSPS) is 11.6. The fourth-order valence-electron chi connectivity index (χ4n) is 7.20. The van der Waals surface area contributed by atoms with Gasteiger partial charge in [-0.15, -0.1) is 0 Å². The predicted octanol–water partition coefficient (Wildman–Crippen LogP) is 12.1. The first-order valence-corrected chi connectivity index (χ1v) is 15.5. The molecule has 0 aliphatic heterocycles. The second kappa shape index (κ2) is 10.4. The number of nitrogens with zero attached hydrogens (tertiary/aromatic N) is 1. The third-order valence-electron chi connectivity index (χ3n) is 9.17. The highest BCUT2D eigenvalue weighted by atomic mass is 15.0. The lowest BCUT2D eigenvalue weighted by atomic mass is 9.85. The van der Waals surface area contributed by atoms with Gasteiger partial charge in [0.15, 0.2) is 0 Å². The van der Waals surface area contributed by atoms with E-state index in [1.54, 1.807) is 0 Å². The smallest absolute Gasteiger partial charge is 0.0541 e. The Morgan fingerprint density at radius 1 is 0.267 bits per heavy atom. The summed E-state index contributed by atoms with van der Waals surface area (Å²) in [6.45, 7) is 0. The maximum atomic E-state index is 2.41. The minimum Gasteiger partial charge on any atom is -0.309 e. The summed E-state index contributed by atoms with van der Waals surface area (Å²) in [6, 6.07) is 63.9. The van der Waals surface area contributed by atoms with Gasteiger partial charge in [-0.2, -0.15) is 0 Å². The number of benzene rings is 8. The monoisotopic (exact) mass is 571 g/mol. The van der Waals surface area contributed by atoms with Gasteiger partial charge in [-0.1, -0.05) is 140 Å². The van der Waals surface area contributed by atoms with Crippen LogP contribution in [-0.2, 0) is 0 Å². The van der Waals surface area contributed by atoms with Crippen LogP contribution in [-0.4, -0.2) is 4.57 Å². The number of fused-ring (bicyclic) bond motifs is 5. The molecule has 8 aromatic carbocycles. The third-order valence-corrected chi connectivity index (χ3v) is 9.17. The first-order valence-electron chi connectivity index (χ1n) is 15.5. The lowest BCUT2D eigenvalue weighted by molar-refractivity contribution is 1.18. The minimum atomic E-state index is 1.18. The lowest BCUT2D eigenvalue weighted by Crippen LogP contribution is -1.93. The molecule has 9 rings (SSSR count). The van der Waals surface area contributed by atoms with Crippen molar-refractivity contribution >= 4 is 43.4 Å². The first-order chi connectivity index (χ1) is 22.3. The first kappa shape index (κ1) is 25.6. The van der Waals surface area contributed by atoms with Crippen LogP contribution in [0.3, 0.4) is 0 Å². The minimum absolute atomic E-state index is 1.18. The van der Waals surface area contributed by atoms with E-state index < -0.39 is 0 Å². The molecule has 0 radical (unpaired) electrons. The zero-order valence-corrected chi connectivity index (χ0v) is 24.7. The average Bonchev–Trinajstić information content (AvgIpc) is 3.45. The van der Waals surface area contributed by atoms with Crippen molar-refractivity contribution in [3.05, 3.63) is 176 Å². The Morgan fingerprint density at radius 3 is 1.36 bits per heavy atom. The van der Waals surface area contributed by atoms with Gasteiger partial charge < -0.3 is 4.57 Å². The summed E-state index contributed by atoms with van der Waals surface area (Å²) in [4.78, 5) is 0. The molecule has 1 heterocycles. The van der Waals surface area contributed by atoms with Gasteiger partial charge >= 0.3 is 0 Å². The predicted molar refractivity (Wildman–Crippen MR) is 192 cm³/mol. The zero-order chi connectivity index (χ0) is 29.7. The van der Waals surface area contributed by atoms with E-state index in [2.05, 4.69) is 180 Å². The Labute approximate surface area is 262 Å². The summed E-state index contributed by atoms with van der Waals surface area (Å²) in [5.41, 5.74) is 11.1. The maximum absolute atomic E-state index is 2.41. The van der Waals surface area contributed by atoms with E-state index in [9.17, 15) is 0 Å². The molecule has 0 aliphatic carbocycles. The van der Waals surface area contributed by atoms with Gasteiger partial charge in [-0.3, -0.25) is 0 Å². The van der Waals surface area contributed by atoms with Gasteiger partial charge in [0.2, 0.25) is 0 Å². The van der Waals surface area contributed by atoms with E-state index >= 15 is 0 Å². The van der Waals surface area contributed by atoms with Crippen LogP contribution < -0.4 is 0 Å². The number of hydrogen-bond donors (Lipinski definition) is 0. The van der Waals surface area contributed by atoms with Crippen LogP contribution in [0.2, 0.25) is 0 Å². The molecule has 0 N–H and O–H groups in total. The lowest BCUT2D eigenvalue weighted by Gasteiger charge is -2.18. The molecular weight excluding hydrogens is 542 g/mol. The molecule has 9 aromatic rings. The molecule has 0 fully saturated rings. The molecule has 210 valence electrons. The molecule has 0 bridgehead atoms. The molecule has 0 spiro atoms. The Hall–Kier alpha value is -5.92. The maximum Gasteiger partial charge on any atom is 0.0541 e. The summed E-state index contributed by atoms with van der Waals surface area (Å²) >= 11 is 0. The molecule has 0 atom stereocenters. The Kier molecular flexibility index (Phi) is 5.89. The summed E-state index contributed by atoms with van der Waals surface area (Å²) in [5, 5.41) is 7.61.